The largest absolute Gasteiger partial charge is 0.480 e. The van der Waals surface area contributed by atoms with Crippen LogP contribution in [0.25, 0.3) is 0 Å². The number of aliphatic carboxylic acids is 1. The molecule has 0 aliphatic carbocycles. The van der Waals surface area contributed by atoms with Crippen molar-refractivity contribution in [2.24, 2.45) is 0 Å². The van der Waals surface area contributed by atoms with Crippen LogP contribution in [0.1, 0.15) is 33.6 Å². The molecular formula is C10H21NO3. The van der Waals surface area contributed by atoms with E-state index in [-0.39, 0.29) is 6.04 Å². The van der Waals surface area contributed by atoms with Crippen molar-refractivity contribution in [1.82, 2.24) is 5.32 Å². The zero-order chi connectivity index (χ0) is 11.2. The molecule has 0 saturated heterocycles. The van der Waals surface area contributed by atoms with E-state index in [1.165, 1.54) is 0 Å². The lowest BCUT2D eigenvalue weighted by atomic mass is 9.97. The number of methoxy groups -OCH3 is 1. The second-order valence-corrected chi connectivity index (χ2v) is 3.83. The zero-order valence-electron chi connectivity index (χ0n) is 9.46. The fraction of sp³-hybridized carbons (Fsp3) is 0.900. The van der Waals surface area contributed by atoms with E-state index in [0.717, 1.165) is 6.42 Å². The monoisotopic (exact) mass is 203 g/mol. The van der Waals surface area contributed by atoms with Crippen LogP contribution in [0, 0.1) is 0 Å². The van der Waals surface area contributed by atoms with Crippen LogP contribution < -0.4 is 5.32 Å². The van der Waals surface area contributed by atoms with Crippen molar-refractivity contribution >= 4 is 5.97 Å². The molecule has 2 N–H and O–H groups in total. The van der Waals surface area contributed by atoms with Crippen LogP contribution in [-0.4, -0.2) is 36.4 Å². The van der Waals surface area contributed by atoms with Crippen molar-refractivity contribution in [2.75, 3.05) is 13.7 Å². The van der Waals surface area contributed by atoms with Crippen LogP contribution in [-0.2, 0) is 9.53 Å². The Bertz CT molecular complexity index is 184. The molecular weight excluding hydrogens is 182 g/mol. The maximum atomic E-state index is 11.1. The summed E-state index contributed by atoms with van der Waals surface area (Å²) in [5.41, 5.74) is -0.883. The van der Waals surface area contributed by atoms with Gasteiger partial charge in [0, 0.05) is 19.8 Å². The van der Waals surface area contributed by atoms with Gasteiger partial charge in [0.1, 0.15) is 5.54 Å². The molecule has 0 aromatic heterocycles. The predicted molar refractivity (Wildman–Crippen MR) is 55.4 cm³/mol. The summed E-state index contributed by atoms with van der Waals surface area (Å²) in [4.78, 5) is 11.1. The topological polar surface area (TPSA) is 58.6 Å². The quantitative estimate of drug-likeness (QED) is 0.654. The summed E-state index contributed by atoms with van der Waals surface area (Å²) in [7, 11) is 1.57. The lowest BCUT2D eigenvalue weighted by Crippen LogP contribution is -2.53. The van der Waals surface area contributed by atoms with Gasteiger partial charge in [-0.2, -0.15) is 0 Å². The fourth-order valence-electron chi connectivity index (χ4n) is 1.19. The number of carboxylic acid groups (broad SMARTS) is 1. The predicted octanol–water partition coefficient (Wildman–Crippen LogP) is 1.25. The molecule has 0 spiro atoms. The maximum Gasteiger partial charge on any atom is 0.323 e. The van der Waals surface area contributed by atoms with Crippen LogP contribution in [0.15, 0.2) is 0 Å². The van der Waals surface area contributed by atoms with Gasteiger partial charge in [-0.3, -0.25) is 10.1 Å². The Kier molecular flexibility index (Phi) is 5.72. The molecule has 2 atom stereocenters. The number of carboxylic acids is 1. The summed E-state index contributed by atoms with van der Waals surface area (Å²) < 4.78 is 4.90. The third-order valence-corrected chi connectivity index (χ3v) is 2.46. The van der Waals surface area contributed by atoms with E-state index >= 15 is 0 Å². The van der Waals surface area contributed by atoms with E-state index in [1.54, 1.807) is 14.0 Å². The van der Waals surface area contributed by atoms with Crippen LogP contribution in [0.4, 0.5) is 0 Å². The first-order valence-corrected chi connectivity index (χ1v) is 4.96. The minimum Gasteiger partial charge on any atom is -0.480 e. The van der Waals surface area contributed by atoms with Gasteiger partial charge in [-0.1, -0.05) is 6.92 Å². The van der Waals surface area contributed by atoms with Crippen LogP contribution in [0.3, 0.4) is 0 Å². The molecule has 0 radical (unpaired) electrons. The number of rotatable bonds is 7. The van der Waals surface area contributed by atoms with Crippen molar-refractivity contribution in [3.63, 3.8) is 0 Å². The minimum absolute atomic E-state index is 0.202. The Balaban J connectivity index is 4.31. The van der Waals surface area contributed by atoms with Gasteiger partial charge >= 0.3 is 5.97 Å². The normalized spacial score (nSPS) is 17.4. The van der Waals surface area contributed by atoms with Gasteiger partial charge in [-0.25, -0.2) is 0 Å². The number of nitrogens with one attached hydrogen (secondary N) is 1. The average Bonchev–Trinajstić information content (AvgIpc) is 2.14. The summed E-state index contributed by atoms with van der Waals surface area (Å²) >= 11 is 0. The third kappa shape index (κ3) is 4.07. The molecule has 0 aromatic carbocycles. The molecule has 2 unspecified atom stereocenters. The van der Waals surface area contributed by atoms with E-state index in [9.17, 15) is 4.79 Å². The molecule has 0 aromatic rings. The van der Waals surface area contributed by atoms with Gasteiger partial charge in [0.15, 0.2) is 0 Å². The SMILES string of the molecule is CCC(C)NC(C)(CCOC)C(=O)O. The van der Waals surface area contributed by atoms with E-state index in [0.29, 0.717) is 13.0 Å². The molecule has 14 heavy (non-hydrogen) atoms. The van der Waals surface area contributed by atoms with E-state index in [4.69, 9.17) is 9.84 Å². The highest BCUT2D eigenvalue weighted by Gasteiger charge is 2.33. The fourth-order valence-corrected chi connectivity index (χ4v) is 1.19. The first-order valence-electron chi connectivity index (χ1n) is 4.96. The lowest BCUT2D eigenvalue weighted by Gasteiger charge is -2.29. The summed E-state index contributed by atoms with van der Waals surface area (Å²) in [6.45, 7) is 6.15. The highest BCUT2D eigenvalue weighted by molar-refractivity contribution is 5.78. The lowest BCUT2D eigenvalue weighted by molar-refractivity contribution is -0.145. The van der Waals surface area contributed by atoms with Crippen molar-refractivity contribution in [2.45, 2.75) is 45.2 Å². The van der Waals surface area contributed by atoms with Crippen molar-refractivity contribution in [1.29, 1.82) is 0 Å². The van der Waals surface area contributed by atoms with Gasteiger partial charge in [-0.05, 0) is 26.7 Å². The Labute approximate surface area is 85.6 Å². The number of carbonyl (C=O) groups is 1. The Morgan fingerprint density at radius 2 is 2.21 bits per heavy atom. The number of hydrogen-bond donors (Lipinski definition) is 2. The molecule has 0 aliphatic rings. The number of ether oxygens (including phenoxy) is 1. The Hall–Kier alpha value is -0.610. The highest BCUT2D eigenvalue weighted by atomic mass is 16.5. The molecule has 0 fully saturated rings. The molecule has 4 nitrogen and oxygen atoms in total. The summed E-state index contributed by atoms with van der Waals surface area (Å²) in [5, 5.41) is 12.2. The molecule has 0 rings (SSSR count). The molecule has 0 heterocycles. The molecule has 0 aliphatic heterocycles. The van der Waals surface area contributed by atoms with Gasteiger partial charge < -0.3 is 9.84 Å². The molecule has 0 amide bonds. The first-order chi connectivity index (χ1) is 6.46. The van der Waals surface area contributed by atoms with E-state index < -0.39 is 11.5 Å². The Morgan fingerprint density at radius 3 is 2.57 bits per heavy atom. The van der Waals surface area contributed by atoms with Gasteiger partial charge in [0.05, 0.1) is 0 Å². The first kappa shape index (κ1) is 13.4. The van der Waals surface area contributed by atoms with Crippen LogP contribution >= 0.6 is 0 Å². The van der Waals surface area contributed by atoms with Crippen molar-refractivity contribution in [3.05, 3.63) is 0 Å². The van der Waals surface area contributed by atoms with E-state index in [1.807, 2.05) is 13.8 Å². The third-order valence-electron chi connectivity index (χ3n) is 2.46. The molecule has 0 saturated carbocycles. The van der Waals surface area contributed by atoms with Gasteiger partial charge in [-0.15, -0.1) is 0 Å². The summed E-state index contributed by atoms with van der Waals surface area (Å²) in [6, 6.07) is 0.202. The second-order valence-electron chi connectivity index (χ2n) is 3.83. The summed E-state index contributed by atoms with van der Waals surface area (Å²) in [6.07, 6.45) is 1.39. The average molecular weight is 203 g/mol. The second kappa shape index (κ2) is 5.98. The summed E-state index contributed by atoms with van der Waals surface area (Å²) in [5.74, 6) is -0.824. The van der Waals surface area contributed by atoms with Crippen LogP contribution in [0.2, 0.25) is 0 Å². The number of hydrogen-bond acceptors (Lipinski definition) is 3. The molecule has 0 bridgehead atoms. The maximum absolute atomic E-state index is 11.1. The van der Waals surface area contributed by atoms with Gasteiger partial charge in [0.25, 0.3) is 0 Å². The Morgan fingerprint density at radius 1 is 1.64 bits per heavy atom. The van der Waals surface area contributed by atoms with Crippen molar-refractivity contribution in [3.8, 4) is 0 Å². The van der Waals surface area contributed by atoms with Crippen molar-refractivity contribution < 1.29 is 14.6 Å². The minimum atomic E-state index is -0.883. The van der Waals surface area contributed by atoms with Crippen LogP contribution in [0.5, 0.6) is 0 Å². The van der Waals surface area contributed by atoms with Gasteiger partial charge in [0.2, 0.25) is 0 Å². The molecule has 4 heteroatoms. The molecule has 84 valence electrons. The standard InChI is InChI=1S/C10H21NO3/c1-5-8(2)11-10(3,9(12)13)6-7-14-4/h8,11H,5-7H2,1-4H3,(H,12,13). The highest BCUT2D eigenvalue weighted by Crippen LogP contribution is 2.12. The smallest absolute Gasteiger partial charge is 0.323 e. The zero-order valence-corrected chi connectivity index (χ0v) is 9.46. The van der Waals surface area contributed by atoms with E-state index in [2.05, 4.69) is 5.32 Å².